The summed E-state index contributed by atoms with van der Waals surface area (Å²) in [6, 6.07) is 0. The lowest BCUT2D eigenvalue weighted by molar-refractivity contribution is 0.0920. The summed E-state index contributed by atoms with van der Waals surface area (Å²) in [5.41, 5.74) is 0.489. The van der Waals surface area contributed by atoms with Crippen molar-refractivity contribution in [2.45, 2.75) is 52.9 Å². The van der Waals surface area contributed by atoms with Crippen molar-refractivity contribution in [3.8, 4) is 0 Å². The van der Waals surface area contributed by atoms with Crippen molar-refractivity contribution in [1.29, 1.82) is 0 Å². The molecule has 21 heavy (non-hydrogen) atoms. The first-order chi connectivity index (χ1) is 9.97. The normalized spacial score (nSPS) is 26.7. The highest BCUT2D eigenvalue weighted by molar-refractivity contribution is 4.89. The van der Waals surface area contributed by atoms with Crippen molar-refractivity contribution in [2.75, 3.05) is 46.9 Å². The van der Waals surface area contributed by atoms with Gasteiger partial charge in [0.1, 0.15) is 0 Å². The van der Waals surface area contributed by atoms with Crippen LogP contribution in [0.1, 0.15) is 52.9 Å². The van der Waals surface area contributed by atoms with Gasteiger partial charge in [-0.05, 0) is 50.1 Å². The zero-order chi connectivity index (χ0) is 15.7. The first-order valence-corrected chi connectivity index (χ1v) is 8.85. The molecule has 0 bridgehead atoms. The maximum atomic E-state index is 5.17. The second-order valence-corrected chi connectivity index (χ2v) is 7.79. The first kappa shape index (κ1) is 18.9. The van der Waals surface area contributed by atoms with Gasteiger partial charge in [-0.1, -0.05) is 33.6 Å². The third-order valence-electron chi connectivity index (χ3n) is 4.88. The molecule has 1 aliphatic carbocycles. The van der Waals surface area contributed by atoms with Crippen LogP contribution in [-0.2, 0) is 4.74 Å². The quantitative estimate of drug-likeness (QED) is 0.626. The summed E-state index contributed by atoms with van der Waals surface area (Å²) in [4.78, 5) is 2.52. The molecule has 1 saturated carbocycles. The zero-order valence-corrected chi connectivity index (χ0v) is 15.1. The predicted molar refractivity (Wildman–Crippen MR) is 91.8 cm³/mol. The molecule has 0 heterocycles. The molecule has 1 N–H and O–H groups in total. The molecule has 0 aromatic heterocycles. The number of hydrogen-bond donors (Lipinski definition) is 1. The molecule has 0 unspecified atom stereocenters. The molecule has 0 amide bonds. The van der Waals surface area contributed by atoms with E-state index in [1.807, 2.05) is 0 Å². The monoisotopic (exact) mass is 298 g/mol. The molecular weight excluding hydrogens is 260 g/mol. The fraction of sp³-hybridized carbons (Fsp3) is 1.00. The summed E-state index contributed by atoms with van der Waals surface area (Å²) < 4.78 is 5.17. The molecule has 3 nitrogen and oxygen atoms in total. The highest BCUT2D eigenvalue weighted by atomic mass is 16.5. The van der Waals surface area contributed by atoms with Gasteiger partial charge in [0, 0.05) is 33.4 Å². The third-order valence-corrected chi connectivity index (χ3v) is 4.88. The van der Waals surface area contributed by atoms with Crippen molar-refractivity contribution in [1.82, 2.24) is 10.2 Å². The average molecular weight is 299 g/mol. The molecule has 0 radical (unpaired) electrons. The van der Waals surface area contributed by atoms with Crippen LogP contribution in [0.5, 0.6) is 0 Å². The molecule has 0 aliphatic heterocycles. The van der Waals surface area contributed by atoms with E-state index in [-0.39, 0.29) is 0 Å². The predicted octanol–water partition coefficient (Wildman–Crippen LogP) is 3.40. The number of rotatable bonds is 10. The second-order valence-electron chi connectivity index (χ2n) is 7.79. The maximum Gasteiger partial charge on any atom is 0.0474 e. The topological polar surface area (TPSA) is 24.5 Å². The molecule has 3 heteroatoms. The SMILES string of the molecule is COCCCN(C)CC1(CNCC(C)C)CCC(C)CC1. The van der Waals surface area contributed by atoms with Crippen molar-refractivity contribution in [2.24, 2.45) is 17.3 Å². The fourth-order valence-electron chi connectivity index (χ4n) is 3.52. The van der Waals surface area contributed by atoms with E-state index in [1.165, 1.54) is 38.8 Å². The Hall–Kier alpha value is -0.120. The largest absolute Gasteiger partial charge is 0.385 e. The van der Waals surface area contributed by atoms with Crippen LogP contribution in [-0.4, -0.2) is 51.8 Å². The summed E-state index contributed by atoms with van der Waals surface area (Å²) in [5.74, 6) is 1.66. The lowest BCUT2D eigenvalue weighted by Gasteiger charge is -2.42. The average Bonchev–Trinajstić information content (AvgIpc) is 2.42. The van der Waals surface area contributed by atoms with Crippen LogP contribution in [0.25, 0.3) is 0 Å². The lowest BCUT2D eigenvalue weighted by Crippen LogP contribution is -2.46. The van der Waals surface area contributed by atoms with E-state index in [1.54, 1.807) is 7.11 Å². The van der Waals surface area contributed by atoms with Crippen LogP contribution in [0.4, 0.5) is 0 Å². The van der Waals surface area contributed by atoms with Crippen molar-refractivity contribution in [3.63, 3.8) is 0 Å². The lowest BCUT2D eigenvalue weighted by atomic mass is 9.70. The van der Waals surface area contributed by atoms with Crippen LogP contribution in [0, 0.1) is 17.3 Å². The Labute approximate surface area is 132 Å². The summed E-state index contributed by atoms with van der Waals surface area (Å²) in [6.45, 7) is 12.6. The van der Waals surface area contributed by atoms with Gasteiger partial charge in [0.25, 0.3) is 0 Å². The minimum Gasteiger partial charge on any atom is -0.385 e. The Morgan fingerprint density at radius 3 is 2.52 bits per heavy atom. The highest BCUT2D eigenvalue weighted by Gasteiger charge is 2.34. The van der Waals surface area contributed by atoms with Gasteiger partial charge in [-0.2, -0.15) is 0 Å². The summed E-state index contributed by atoms with van der Waals surface area (Å²) in [7, 11) is 4.07. The molecule has 1 fully saturated rings. The van der Waals surface area contributed by atoms with Crippen LogP contribution < -0.4 is 5.32 Å². The maximum absolute atomic E-state index is 5.17. The van der Waals surface area contributed by atoms with E-state index in [0.717, 1.165) is 38.0 Å². The van der Waals surface area contributed by atoms with Gasteiger partial charge >= 0.3 is 0 Å². The smallest absolute Gasteiger partial charge is 0.0474 e. The van der Waals surface area contributed by atoms with Crippen molar-refractivity contribution >= 4 is 0 Å². The van der Waals surface area contributed by atoms with Gasteiger partial charge in [-0.3, -0.25) is 0 Å². The molecular formula is C18H38N2O. The number of hydrogen-bond acceptors (Lipinski definition) is 3. The van der Waals surface area contributed by atoms with E-state index in [9.17, 15) is 0 Å². The minimum atomic E-state index is 0.489. The number of ether oxygens (including phenoxy) is 1. The van der Waals surface area contributed by atoms with Gasteiger partial charge in [0.15, 0.2) is 0 Å². The highest BCUT2D eigenvalue weighted by Crippen LogP contribution is 2.39. The molecule has 0 spiro atoms. The fourth-order valence-corrected chi connectivity index (χ4v) is 3.52. The first-order valence-electron chi connectivity index (χ1n) is 8.85. The molecule has 1 rings (SSSR count). The van der Waals surface area contributed by atoms with Crippen LogP contribution in [0.3, 0.4) is 0 Å². The molecule has 0 aromatic rings. The Bertz CT molecular complexity index is 260. The standard InChI is InChI=1S/C18H38N2O/c1-16(2)13-19-14-18(9-7-17(3)8-10-18)15-20(4)11-6-12-21-5/h16-17,19H,6-15H2,1-5H3. The summed E-state index contributed by atoms with van der Waals surface area (Å²) in [5, 5.41) is 3.73. The van der Waals surface area contributed by atoms with E-state index >= 15 is 0 Å². The van der Waals surface area contributed by atoms with E-state index in [2.05, 4.69) is 38.0 Å². The molecule has 126 valence electrons. The molecule has 1 aliphatic rings. The Balaban J connectivity index is 2.47. The summed E-state index contributed by atoms with van der Waals surface area (Å²) >= 11 is 0. The van der Waals surface area contributed by atoms with Crippen molar-refractivity contribution in [3.05, 3.63) is 0 Å². The van der Waals surface area contributed by atoms with Gasteiger partial charge in [0.2, 0.25) is 0 Å². The van der Waals surface area contributed by atoms with Gasteiger partial charge in [0.05, 0.1) is 0 Å². The zero-order valence-electron chi connectivity index (χ0n) is 15.1. The third kappa shape index (κ3) is 7.62. The van der Waals surface area contributed by atoms with Crippen molar-refractivity contribution < 1.29 is 4.74 Å². The Morgan fingerprint density at radius 2 is 1.95 bits per heavy atom. The number of nitrogens with zero attached hydrogens (tertiary/aromatic N) is 1. The molecule has 0 aromatic carbocycles. The summed E-state index contributed by atoms with van der Waals surface area (Å²) in [6.07, 6.45) is 6.70. The van der Waals surface area contributed by atoms with Crippen LogP contribution >= 0.6 is 0 Å². The number of nitrogens with one attached hydrogen (secondary N) is 1. The van der Waals surface area contributed by atoms with Crippen LogP contribution in [0.2, 0.25) is 0 Å². The molecule has 0 atom stereocenters. The Kier molecular flexibility index (Phi) is 8.84. The van der Waals surface area contributed by atoms with Crippen LogP contribution in [0.15, 0.2) is 0 Å². The van der Waals surface area contributed by atoms with Gasteiger partial charge in [-0.15, -0.1) is 0 Å². The van der Waals surface area contributed by atoms with E-state index in [4.69, 9.17) is 4.74 Å². The van der Waals surface area contributed by atoms with Gasteiger partial charge < -0.3 is 15.0 Å². The van der Waals surface area contributed by atoms with E-state index in [0.29, 0.717) is 5.41 Å². The number of methoxy groups -OCH3 is 1. The van der Waals surface area contributed by atoms with E-state index < -0.39 is 0 Å². The Morgan fingerprint density at radius 1 is 1.29 bits per heavy atom. The molecule has 0 saturated heterocycles. The second kappa shape index (κ2) is 9.81. The van der Waals surface area contributed by atoms with Gasteiger partial charge in [-0.25, -0.2) is 0 Å². The minimum absolute atomic E-state index is 0.489.